The van der Waals surface area contributed by atoms with Crippen molar-refractivity contribution in [3.8, 4) is 5.75 Å². The second-order valence-electron chi connectivity index (χ2n) is 5.18. The molecule has 0 aliphatic heterocycles. The third-order valence-corrected chi connectivity index (χ3v) is 5.73. The van der Waals surface area contributed by atoms with Gasteiger partial charge in [-0.15, -0.1) is 11.3 Å². The summed E-state index contributed by atoms with van der Waals surface area (Å²) in [5, 5.41) is 0.945. The smallest absolute Gasteiger partial charge is 0.265 e. The number of fused-ring (bicyclic) bond motifs is 1. The Bertz CT molecular complexity index is 978. The third kappa shape index (κ3) is 3.16. The molecule has 7 heteroatoms. The van der Waals surface area contributed by atoms with E-state index in [1.807, 2.05) is 19.9 Å². The lowest BCUT2D eigenvalue weighted by atomic mass is 10.2. The quantitative estimate of drug-likeness (QED) is 0.780. The first-order chi connectivity index (χ1) is 10.9. The monoisotopic (exact) mass is 348 g/mol. The van der Waals surface area contributed by atoms with Crippen LogP contribution in [0.2, 0.25) is 0 Å². The van der Waals surface area contributed by atoms with Gasteiger partial charge in [0.1, 0.15) is 10.6 Å². The average Bonchev–Trinajstić information content (AvgIpc) is 2.85. The molecule has 2 aromatic carbocycles. The molecule has 0 saturated carbocycles. The van der Waals surface area contributed by atoms with Gasteiger partial charge < -0.3 is 4.74 Å². The summed E-state index contributed by atoms with van der Waals surface area (Å²) in [5.74, 6) is 0.322. The second-order valence-corrected chi connectivity index (χ2v) is 8.06. The molecule has 0 aliphatic rings. The van der Waals surface area contributed by atoms with Crippen molar-refractivity contribution < 1.29 is 13.2 Å². The number of sulfonamides is 1. The first-order valence-corrected chi connectivity index (χ1v) is 9.24. The van der Waals surface area contributed by atoms with Crippen LogP contribution in [0, 0.1) is 13.8 Å². The van der Waals surface area contributed by atoms with E-state index in [9.17, 15) is 8.42 Å². The Labute approximate surface area is 139 Å². The Hall–Kier alpha value is -2.12. The predicted molar refractivity (Wildman–Crippen MR) is 92.9 cm³/mol. The minimum atomic E-state index is -3.73. The van der Waals surface area contributed by atoms with Gasteiger partial charge in [0, 0.05) is 0 Å². The van der Waals surface area contributed by atoms with E-state index in [0.29, 0.717) is 11.4 Å². The molecule has 3 rings (SSSR count). The van der Waals surface area contributed by atoms with E-state index in [1.165, 1.54) is 7.11 Å². The number of nitrogens with one attached hydrogen (secondary N) is 1. The van der Waals surface area contributed by atoms with Gasteiger partial charge in [0.15, 0.2) is 0 Å². The lowest BCUT2D eigenvalue weighted by Gasteiger charge is -2.12. The van der Waals surface area contributed by atoms with Gasteiger partial charge in [-0.05, 0) is 49.7 Å². The Kier molecular flexibility index (Phi) is 3.99. The second kappa shape index (κ2) is 5.82. The minimum Gasteiger partial charge on any atom is -0.495 e. The van der Waals surface area contributed by atoms with Gasteiger partial charge in [-0.3, -0.25) is 4.72 Å². The summed E-state index contributed by atoms with van der Waals surface area (Å²) in [6.45, 7) is 3.80. The highest BCUT2D eigenvalue weighted by Crippen LogP contribution is 2.29. The summed E-state index contributed by atoms with van der Waals surface area (Å²) < 4.78 is 34.1. The van der Waals surface area contributed by atoms with Crippen molar-refractivity contribution in [3.63, 3.8) is 0 Å². The van der Waals surface area contributed by atoms with Gasteiger partial charge in [0.05, 0.1) is 28.0 Å². The van der Waals surface area contributed by atoms with Crippen LogP contribution in [0.25, 0.3) is 10.2 Å². The number of hydrogen-bond acceptors (Lipinski definition) is 5. The third-order valence-electron chi connectivity index (χ3n) is 3.36. The number of aryl methyl sites for hydroxylation is 2. The molecule has 0 saturated heterocycles. The SMILES string of the molecule is COc1cc(C)ccc1S(=O)(=O)Nc1ccc2sc(C)nc2c1. The molecule has 0 amide bonds. The lowest BCUT2D eigenvalue weighted by molar-refractivity contribution is 0.402. The van der Waals surface area contributed by atoms with Crippen LogP contribution >= 0.6 is 11.3 Å². The maximum absolute atomic E-state index is 12.6. The number of anilines is 1. The number of ether oxygens (including phenoxy) is 1. The Morgan fingerprint density at radius 3 is 2.65 bits per heavy atom. The number of nitrogens with zero attached hydrogens (tertiary/aromatic N) is 1. The molecule has 1 N–H and O–H groups in total. The van der Waals surface area contributed by atoms with Crippen molar-refractivity contribution in [2.24, 2.45) is 0 Å². The summed E-state index contributed by atoms with van der Waals surface area (Å²) in [7, 11) is -2.28. The normalized spacial score (nSPS) is 11.6. The van der Waals surface area contributed by atoms with E-state index >= 15 is 0 Å². The lowest BCUT2D eigenvalue weighted by Crippen LogP contribution is -2.14. The van der Waals surface area contributed by atoms with Crippen LogP contribution in [0.3, 0.4) is 0 Å². The van der Waals surface area contributed by atoms with Gasteiger partial charge in [-0.1, -0.05) is 6.07 Å². The molecular formula is C16H16N2O3S2. The number of benzene rings is 2. The van der Waals surface area contributed by atoms with Crippen molar-refractivity contribution in [3.05, 3.63) is 47.0 Å². The summed E-state index contributed by atoms with van der Waals surface area (Å²) in [6.07, 6.45) is 0. The fourth-order valence-corrected chi connectivity index (χ4v) is 4.32. The van der Waals surface area contributed by atoms with E-state index in [1.54, 1.807) is 41.7 Å². The number of aromatic nitrogens is 1. The van der Waals surface area contributed by atoms with Crippen LogP contribution < -0.4 is 9.46 Å². The van der Waals surface area contributed by atoms with Crippen LogP contribution in [0.5, 0.6) is 5.75 Å². The van der Waals surface area contributed by atoms with Gasteiger partial charge >= 0.3 is 0 Å². The molecule has 5 nitrogen and oxygen atoms in total. The van der Waals surface area contributed by atoms with Gasteiger partial charge in [0.25, 0.3) is 10.0 Å². The summed E-state index contributed by atoms with van der Waals surface area (Å²) in [5.41, 5.74) is 2.19. The Morgan fingerprint density at radius 2 is 1.91 bits per heavy atom. The number of thiazole rings is 1. The topological polar surface area (TPSA) is 68.3 Å². The van der Waals surface area contributed by atoms with E-state index in [-0.39, 0.29) is 4.90 Å². The predicted octanol–water partition coefficient (Wildman–Crippen LogP) is 3.72. The van der Waals surface area contributed by atoms with E-state index in [0.717, 1.165) is 20.8 Å². The molecule has 0 unspecified atom stereocenters. The van der Waals surface area contributed by atoms with Crippen molar-refractivity contribution in [2.45, 2.75) is 18.7 Å². The standard InChI is InChI=1S/C16H16N2O3S2/c1-10-4-7-16(14(8-10)21-3)23(19,20)18-12-5-6-15-13(9-12)17-11(2)22-15/h4-9,18H,1-3H3. The molecule has 0 fully saturated rings. The molecular weight excluding hydrogens is 332 g/mol. The van der Waals surface area contributed by atoms with Gasteiger partial charge in [0.2, 0.25) is 0 Å². The van der Waals surface area contributed by atoms with Crippen LogP contribution in [0.15, 0.2) is 41.3 Å². The van der Waals surface area contributed by atoms with E-state index in [4.69, 9.17) is 4.74 Å². The first-order valence-electron chi connectivity index (χ1n) is 6.94. The fourth-order valence-electron chi connectivity index (χ4n) is 2.31. The van der Waals surface area contributed by atoms with Crippen LogP contribution in [0.4, 0.5) is 5.69 Å². The minimum absolute atomic E-state index is 0.111. The zero-order valence-corrected chi connectivity index (χ0v) is 14.6. The van der Waals surface area contributed by atoms with Crippen molar-refractivity contribution in [1.29, 1.82) is 0 Å². The molecule has 3 aromatic rings. The van der Waals surface area contributed by atoms with Crippen LogP contribution in [-0.4, -0.2) is 20.5 Å². The van der Waals surface area contributed by atoms with E-state index < -0.39 is 10.0 Å². The molecule has 23 heavy (non-hydrogen) atoms. The zero-order valence-electron chi connectivity index (χ0n) is 13.0. The molecule has 0 atom stereocenters. The first kappa shape index (κ1) is 15.8. The van der Waals surface area contributed by atoms with E-state index in [2.05, 4.69) is 9.71 Å². The summed E-state index contributed by atoms with van der Waals surface area (Å²) in [6, 6.07) is 10.3. The number of methoxy groups -OCH3 is 1. The Morgan fingerprint density at radius 1 is 1.13 bits per heavy atom. The largest absolute Gasteiger partial charge is 0.495 e. The summed E-state index contributed by atoms with van der Waals surface area (Å²) >= 11 is 1.57. The molecule has 0 bridgehead atoms. The maximum Gasteiger partial charge on any atom is 0.265 e. The number of rotatable bonds is 4. The van der Waals surface area contributed by atoms with Crippen molar-refractivity contribution in [1.82, 2.24) is 4.98 Å². The molecule has 1 heterocycles. The molecule has 1 aromatic heterocycles. The molecule has 0 spiro atoms. The molecule has 0 radical (unpaired) electrons. The highest BCUT2D eigenvalue weighted by atomic mass is 32.2. The van der Waals surface area contributed by atoms with Gasteiger partial charge in [-0.25, -0.2) is 13.4 Å². The Balaban J connectivity index is 1.99. The fraction of sp³-hybridized carbons (Fsp3) is 0.188. The molecule has 120 valence electrons. The highest BCUT2D eigenvalue weighted by Gasteiger charge is 2.20. The van der Waals surface area contributed by atoms with Crippen molar-refractivity contribution in [2.75, 3.05) is 11.8 Å². The highest BCUT2D eigenvalue weighted by molar-refractivity contribution is 7.92. The zero-order chi connectivity index (χ0) is 16.6. The maximum atomic E-state index is 12.6. The summed E-state index contributed by atoms with van der Waals surface area (Å²) in [4.78, 5) is 4.49. The van der Waals surface area contributed by atoms with Crippen LogP contribution in [0.1, 0.15) is 10.6 Å². The van der Waals surface area contributed by atoms with Gasteiger partial charge in [-0.2, -0.15) is 0 Å². The van der Waals surface area contributed by atoms with Crippen molar-refractivity contribution >= 4 is 37.3 Å². The molecule has 0 aliphatic carbocycles. The average molecular weight is 348 g/mol. The number of hydrogen-bond donors (Lipinski definition) is 1. The van der Waals surface area contributed by atoms with Crippen LogP contribution in [-0.2, 0) is 10.0 Å².